The molecule has 1 aromatic carbocycles. The van der Waals surface area contributed by atoms with Crippen molar-refractivity contribution in [3.05, 3.63) is 42.0 Å². The van der Waals surface area contributed by atoms with E-state index in [1.807, 2.05) is 17.7 Å². The summed E-state index contributed by atoms with van der Waals surface area (Å²) in [6.07, 6.45) is 3.50. The summed E-state index contributed by atoms with van der Waals surface area (Å²) in [5.74, 6) is 0.255. The number of halogens is 1. The van der Waals surface area contributed by atoms with Crippen LogP contribution in [0.4, 0.5) is 4.39 Å². The molecule has 0 radical (unpaired) electrons. The molecule has 0 bridgehead atoms. The number of nitrogens with zero attached hydrogens (tertiary/aromatic N) is 3. The predicted molar refractivity (Wildman–Crippen MR) is 102 cm³/mol. The van der Waals surface area contributed by atoms with Crippen molar-refractivity contribution in [2.45, 2.75) is 13.0 Å². The van der Waals surface area contributed by atoms with Gasteiger partial charge in [0.1, 0.15) is 11.6 Å². The lowest BCUT2D eigenvalue weighted by atomic mass is 10.0. The molecule has 0 spiro atoms. The van der Waals surface area contributed by atoms with Crippen molar-refractivity contribution in [3.63, 3.8) is 0 Å². The topological polar surface area (TPSA) is 102 Å². The molecule has 1 N–H and O–H groups in total. The Balaban J connectivity index is 0.000000878. The normalized spacial score (nSPS) is 19.3. The maximum absolute atomic E-state index is 13.4. The highest BCUT2D eigenvalue weighted by molar-refractivity contribution is 7.89. The van der Waals surface area contributed by atoms with E-state index in [9.17, 15) is 12.8 Å². The fourth-order valence-corrected chi connectivity index (χ4v) is 4.30. The summed E-state index contributed by atoms with van der Waals surface area (Å²) in [4.78, 5) is 12.8. The van der Waals surface area contributed by atoms with Gasteiger partial charge in [0.05, 0.1) is 25.0 Å². The number of hydrogen-bond donors (Lipinski definition) is 1. The Kier molecular flexibility index (Phi) is 7.28. The summed E-state index contributed by atoms with van der Waals surface area (Å²) in [6.45, 7) is 2.39. The zero-order valence-corrected chi connectivity index (χ0v) is 16.8. The van der Waals surface area contributed by atoms with Crippen LogP contribution in [0.2, 0.25) is 0 Å². The van der Waals surface area contributed by atoms with Crippen molar-refractivity contribution in [2.75, 3.05) is 33.1 Å². The first-order chi connectivity index (χ1) is 13.2. The quantitative estimate of drug-likeness (QED) is 0.750. The van der Waals surface area contributed by atoms with Crippen LogP contribution < -0.4 is 0 Å². The van der Waals surface area contributed by atoms with Gasteiger partial charge in [-0.2, -0.15) is 0 Å². The molecule has 0 unspecified atom stereocenters. The minimum absolute atomic E-state index is 0.0185. The van der Waals surface area contributed by atoms with Gasteiger partial charge in [0.2, 0.25) is 10.0 Å². The van der Waals surface area contributed by atoms with Crippen molar-refractivity contribution in [2.24, 2.45) is 5.92 Å². The summed E-state index contributed by atoms with van der Waals surface area (Å²) in [5, 5.41) is 6.89. The number of carboxylic acid groups (broad SMARTS) is 1. The van der Waals surface area contributed by atoms with Crippen LogP contribution in [0.25, 0.3) is 11.4 Å². The van der Waals surface area contributed by atoms with Crippen molar-refractivity contribution >= 4 is 16.5 Å². The second-order valence-electron chi connectivity index (χ2n) is 6.65. The van der Waals surface area contributed by atoms with Crippen LogP contribution >= 0.6 is 0 Å². The average molecular weight is 413 g/mol. The third kappa shape index (κ3) is 4.94. The van der Waals surface area contributed by atoms with E-state index in [1.54, 1.807) is 12.3 Å². The van der Waals surface area contributed by atoms with Crippen LogP contribution in [0.1, 0.15) is 11.6 Å². The zero-order valence-electron chi connectivity index (χ0n) is 15.9. The number of aromatic nitrogens is 2. The SMILES string of the molecule is Cc1cc(F)ccc1-c1nccn1[C@@H]1COC[C@@H]1CS(=O)(=O)N(C)C.O=CO. The minimum atomic E-state index is -3.33. The number of carbonyl (C=O) groups is 1. The van der Waals surface area contributed by atoms with E-state index in [2.05, 4.69) is 4.98 Å². The van der Waals surface area contributed by atoms with Crippen molar-refractivity contribution in [1.82, 2.24) is 13.9 Å². The first kappa shape index (κ1) is 22.0. The van der Waals surface area contributed by atoms with Gasteiger partial charge in [0, 0.05) is 38.0 Å². The molecule has 2 aromatic rings. The zero-order chi connectivity index (χ0) is 20.9. The second kappa shape index (κ2) is 9.26. The molecule has 1 aromatic heterocycles. The van der Waals surface area contributed by atoms with Crippen molar-refractivity contribution < 1.29 is 27.4 Å². The Morgan fingerprint density at radius 2 is 2.07 bits per heavy atom. The number of rotatable bonds is 5. The molecule has 154 valence electrons. The summed E-state index contributed by atoms with van der Waals surface area (Å²) < 4.78 is 46.7. The first-order valence-electron chi connectivity index (χ1n) is 8.56. The highest BCUT2D eigenvalue weighted by atomic mass is 32.2. The van der Waals surface area contributed by atoms with E-state index < -0.39 is 10.0 Å². The molecule has 0 aliphatic carbocycles. The standard InChI is InChI=1S/C17H22FN3O3S.CH2O2/c1-12-8-14(18)4-5-15(12)17-19-6-7-21(17)16-10-24-9-13(16)11-25(22,23)20(2)3;2-1-3/h4-8,13,16H,9-11H2,1-3H3;1H,(H,2,3)/t13-,16-;/m1./s1. The van der Waals surface area contributed by atoms with E-state index in [1.165, 1.54) is 30.5 Å². The lowest BCUT2D eigenvalue weighted by molar-refractivity contribution is -0.122. The maximum atomic E-state index is 13.4. The van der Waals surface area contributed by atoms with Gasteiger partial charge in [-0.05, 0) is 30.7 Å². The minimum Gasteiger partial charge on any atom is -0.483 e. The molecule has 3 rings (SSSR count). The Bertz CT molecular complexity index is 914. The summed E-state index contributed by atoms with van der Waals surface area (Å²) in [5.41, 5.74) is 1.61. The third-order valence-corrected chi connectivity index (χ3v) is 6.56. The summed E-state index contributed by atoms with van der Waals surface area (Å²) in [6, 6.07) is 4.44. The molecular formula is C18H24FN3O5S. The Morgan fingerprint density at radius 3 is 2.68 bits per heavy atom. The van der Waals surface area contributed by atoms with E-state index >= 15 is 0 Å². The van der Waals surface area contributed by atoms with Crippen LogP contribution in [0.5, 0.6) is 0 Å². The van der Waals surface area contributed by atoms with E-state index in [0.717, 1.165) is 11.1 Å². The third-order valence-electron chi connectivity index (χ3n) is 4.60. The van der Waals surface area contributed by atoms with Gasteiger partial charge < -0.3 is 14.4 Å². The Morgan fingerprint density at radius 1 is 1.39 bits per heavy atom. The largest absolute Gasteiger partial charge is 0.483 e. The van der Waals surface area contributed by atoms with E-state index in [0.29, 0.717) is 19.0 Å². The molecule has 2 atom stereocenters. The van der Waals surface area contributed by atoms with Crippen molar-refractivity contribution in [3.8, 4) is 11.4 Å². The monoisotopic (exact) mass is 413 g/mol. The van der Waals surface area contributed by atoms with Crippen LogP contribution in [0, 0.1) is 18.7 Å². The number of ether oxygens (including phenoxy) is 1. The molecular weight excluding hydrogens is 389 g/mol. The van der Waals surface area contributed by atoms with Gasteiger partial charge in [-0.25, -0.2) is 22.1 Å². The lowest BCUT2D eigenvalue weighted by Gasteiger charge is -2.23. The predicted octanol–water partition coefficient (Wildman–Crippen LogP) is 1.78. The number of benzene rings is 1. The van der Waals surface area contributed by atoms with Crippen LogP contribution in [0.3, 0.4) is 0 Å². The van der Waals surface area contributed by atoms with Crippen LogP contribution in [-0.4, -0.2) is 66.9 Å². The van der Waals surface area contributed by atoms with Gasteiger partial charge in [-0.1, -0.05) is 0 Å². The molecule has 1 aliphatic heterocycles. The fourth-order valence-electron chi connectivity index (χ4n) is 3.14. The van der Waals surface area contributed by atoms with Crippen molar-refractivity contribution in [1.29, 1.82) is 0 Å². The molecule has 0 saturated carbocycles. The van der Waals surface area contributed by atoms with Crippen LogP contribution in [0.15, 0.2) is 30.6 Å². The number of sulfonamides is 1. The summed E-state index contributed by atoms with van der Waals surface area (Å²) >= 11 is 0. The average Bonchev–Trinajstić information content (AvgIpc) is 3.24. The second-order valence-corrected chi connectivity index (χ2v) is 8.88. The number of hydrogen-bond acceptors (Lipinski definition) is 5. The maximum Gasteiger partial charge on any atom is 0.290 e. The number of aryl methyl sites for hydroxylation is 1. The van der Waals surface area contributed by atoms with E-state index in [-0.39, 0.29) is 30.0 Å². The van der Waals surface area contributed by atoms with Gasteiger partial charge in [0.25, 0.3) is 6.47 Å². The van der Waals surface area contributed by atoms with Gasteiger partial charge in [0.15, 0.2) is 0 Å². The highest BCUT2D eigenvalue weighted by Crippen LogP contribution is 2.32. The lowest BCUT2D eigenvalue weighted by Crippen LogP contribution is -2.32. The fraction of sp³-hybridized carbons (Fsp3) is 0.444. The molecule has 1 saturated heterocycles. The molecule has 28 heavy (non-hydrogen) atoms. The number of imidazole rings is 1. The molecule has 8 nitrogen and oxygen atoms in total. The smallest absolute Gasteiger partial charge is 0.290 e. The first-order valence-corrected chi connectivity index (χ1v) is 10.2. The highest BCUT2D eigenvalue weighted by Gasteiger charge is 2.35. The molecule has 1 aliphatic rings. The summed E-state index contributed by atoms with van der Waals surface area (Å²) in [7, 11) is -0.262. The Labute approximate surface area is 163 Å². The molecule has 2 heterocycles. The molecule has 1 fully saturated rings. The van der Waals surface area contributed by atoms with Gasteiger partial charge in [-0.15, -0.1) is 0 Å². The molecule has 10 heteroatoms. The van der Waals surface area contributed by atoms with Crippen LogP contribution in [-0.2, 0) is 19.6 Å². The van der Waals surface area contributed by atoms with Gasteiger partial charge >= 0.3 is 0 Å². The Hall–Kier alpha value is -2.30. The van der Waals surface area contributed by atoms with E-state index in [4.69, 9.17) is 14.6 Å². The van der Waals surface area contributed by atoms with Gasteiger partial charge in [-0.3, -0.25) is 4.79 Å². The molecule has 0 amide bonds.